The van der Waals surface area contributed by atoms with Crippen molar-refractivity contribution in [2.45, 2.75) is 4.90 Å². The minimum absolute atomic E-state index is 0.156. The number of carbonyl (C=O) groups is 1. The molecule has 0 bridgehead atoms. The molecule has 0 unspecified atom stereocenters. The third-order valence-corrected chi connectivity index (χ3v) is 5.52. The smallest absolute Gasteiger partial charge is 0.335 e. The molecule has 0 spiro atoms. The largest absolute Gasteiger partial charge is 0.478 e. The van der Waals surface area contributed by atoms with Crippen molar-refractivity contribution in [2.24, 2.45) is 0 Å². The average molecular weight is 302 g/mol. The van der Waals surface area contributed by atoms with Crippen molar-refractivity contribution in [3.8, 4) is 0 Å². The third kappa shape index (κ3) is 2.54. The number of hydrogen-bond donors (Lipinski definition) is 1. The number of carboxylic acids is 1. The number of sulfone groups is 2. The standard InChI is InChI=1S/C11H10O6S2/c1-18(14,15)6-9-4-7-2-3-8(11(12)13)5-10(7)19(9,16)17/h2-5H,6H2,1H3,(H,12,13). The molecule has 0 radical (unpaired) electrons. The van der Waals surface area contributed by atoms with Crippen LogP contribution >= 0.6 is 0 Å². The van der Waals surface area contributed by atoms with E-state index in [2.05, 4.69) is 0 Å². The van der Waals surface area contributed by atoms with Crippen LogP contribution in [0.25, 0.3) is 6.08 Å². The molecule has 1 aliphatic heterocycles. The molecule has 1 aliphatic rings. The van der Waals surface area contributed by atoms with Crippen LogP contribution in [0.2, 0.25) is 0 Å². The summed E-state index contributed by atoms with van der Waals surface area (Å²) in [5, 5.41) is 8.83. The summed E-state index contributed by atoms with van der Waals surface area (Å²) >= 11 is 0. The molecule has 19 heavy (non-hydrogen) atoms. The van der Waals surface area contributed by atoms with Crippen molar-refractivity contribution in [1.29, 1.82) is 0 Å². The molecule has 0 saturated heterocycles. The van der Waals surface area contributed by atoms with Gasteiger partial charge in [0.2, 0.25) is 9.84 Å². The van der Waals surface area contributed by atoms with E-state index in [0.717, 1.165) is 12.3 Å². The van der Waals surface area contributed by atoms with E-state index in [-0.39, 0.29) is 15.4 Å². The zero-order valence-electron chi connectivity index (χ0n) is 9.82. The maximum Gasteiger partial charge on any atom is 0.335 e. The van der Waals surface area contributed by atoms with Crippen LogP contribution in [0, 0.1) is 0 Å². The summed E-state index contributed by atoms with van der Waals surface area (Å²) in [5.74, 6) is -1.83. The van der Waals surface area contributed by atoms with Gasteiger partial charge in [-0.25, -0.2) is 21.6 Å². The van der Waals surface area contributed by atoms with Gasteiger partial charge in [0.1, 0.15) is 0 Å². The molecule has 1 aromatic rings. The lowest BCUT2D eigenvalue weighted by molar-refractivity contribution is 0.0696. The van der Waals surface area contributed by atoms with Crippen LogP contribution in [0.15, 0.2) is 28.0 Å². The first-order valence-electron chi connectivity index (χ1n) is 5.12. The van der Waals surface area contributed by atoms with Gasteiger partial charge in [0.15, 0.2) is 9.84 Å². The lowest BCUT2D eigenvalue weighted by Gasteiger charge is -2.03. The quantitative estimate of drug-likeness (QED) is 0.874. The highest BCUT2D eigenvalue weighted by molar-refractivity contribution is 7.98. The molecule has 8 heteroatoms. The molecule has 1 heterocycles. The molecule has 2 rings (SSSR count). The second-order valence-corrected chi connectivity index (χ2v) is 8.35. The van der Waals surface area contributed by atoms with E-state index in [1.807, 2.05) is 0 Å². The summed E-state index contributed by atoms with van der Waals surface area (Å²) in [4.78, 5) is 10.4. The van der Waals surface area contributed by atoms with Gasteiger partial charge in [-0.2, -0.15) is 0 Å². The van der Waals surface area contributed by atoms with Crippen molar-refractivity contribution in [3.05, 3.63) is 34.2 Å². The number of rotatable bonds is 3. The Morgan fingerprint density at radius 1 is 1.32 bits per heavy atom. The lowest BCUT2D eigenvalue weighted by atomic mass is 10.1. The highest BCUT2D eigenvalue weighted by Crippen LogP contribution is 2.34. The monoisotopic (exact) mass is 302 g/mol. The lowest BCUT2D eigenvalue weighted by Crippen LogP contribution is -2.12. The molecule has 0 atom stereocenters. The molecular weight excluding hydrogens is 292 g/mol. The Kier molecular flexibility index (Phi) is 3.02. The maximum atomic E-state index is 12.1. The summed E-state index contributed by atoms with van der Waals surface area (Å²) in [5.41, 5.74) is 0.153. The maximum absolute atomic E-state index is 12.1. The molecule has 1 aromatic carbocycles. The van der Waals surface area contributed by atoms with Gasteiger partial charge in [0.25, 0.3) is 0 Å². The van der Waals surface area contributed by atoms with Gasteiger partial charge in [-0.3, -0.25) is 0 Å². The van der Waals surface area contributed by atoms with Gasteiger partial charge in [-0.15, -0.1) is 0 Å². The fraction of sp³-hybridized carbons (Fsp3) is 0.182. The van der Waals surface area contributed by atoms with E-state index in [1.54, 1.807) is 0 Å². The molecule has 0 aliphatic carbocycles. The van der Waals surface area contributed by atoms with Gasteiger partial charge in [0, 0.05) is 6.26 Å². The van der Waals surface area contributed by atoms with Gasteiger partial charge in [-0.1, -0.05) is 6.07 Å². The Morgan fingerprint density at radius 3 is 2.47 bits per heavy atom. The van der Waals surface area contributed by atoms with Crippen LogP contribution in [0.1, 0.15) is 15.9 Å². The van der Waals surface area contributed by atoms with E-state index >= 15 is 0 Å². The zero-order chi connectivity index (χ0) is 14.4. The number of carboxylic acid groups (broad SMARTS) is 1. The highest BCUT2D eigenvalue weighted by Gasteiger charge is 2.32. The normalized spacial score (nSPS) is 16.8. The fourth-order valence-corrected chi connectivity index (χ4v) is 4.94. The molecule has 0 fully saturated rings. The van der Waals surface area contributed by atoms with E-state index < -0.39 is 31.4 Å². The second-order valence-electron chi connectivity index (χ2n) is 4.24. The predicted molar refractivity (Wildman–Crippen MR) is 68.3 cm³/mol. The summed E-state index contributed by atoms with van der Waals surface area (Å²) in [6.45, 7) is 0. The summed E-state index contributed by atoms with van der Waals surface area (Å²) in [6, 6.07) is 3.67. The first-order valence-corrected chi connectivity index (χ1v) is 8.66. The van der Waals surface area contributed by atoms with E-state index in [9.17, 15) is 21.6 Å². The topological polar surface area (TPSA) is 106 Å². The van der Waals surface area contributed by atoms with Crippen molar-refractivity contribution in [1.82, 2.24) is 0 Å². The van der Waals surface area contributed by atoms with Crippen LogP contribution in [-0.2, 0) is 19.7 Å². The third-order valence-electron chi connectivity index (χ3n) is 2.62. The molecule has 0 amide bonds. The fourth-order valence-electron chi connectivity index (χ4n) is 1.79. The van der Waals surface area contributed by atoms with E-state index in [1.165, 1.54) is 18.2 Å². The molecule has 6 nitrogen and oxygen atoms in total. The highest BCUT2D eigenvalue weighted by atomic mass is 32.2. The molecular formula is C11H10O6S2. The minimum Gasteiger partial charge on any atom is -0.478 e. The van der Waals surface area contributed by atoms with Crippen LogP contribution < -0.4 is 0 Å². The average Bonchev–Trinajstić information content (AvgIpc) is 2.48. The Hall–Kier alpha value is -1.67. The van der Waals surface area contributed by atoms with Crippen molar-refractivity contribution >= 4 is 31.7 Å². The summed E-state index contributed by atoms with van der Waals surface area (Å²) in [7, 11) is -7.40. The van der Waals surface area contributed by atoms with Crippen molar-refractivity contribution in [3.63, 3.8) is 0 Å². The second kappa shape index (κ2) is 4.17. The number of benzene rings is 1. The Labute approximate surface area is 110 Å². The summed E-state index contributed by atoms with van der Waals surface area (Å²) in [6.07, 6.45) is 2.20. The van der Waals surface area contributed by atoms with Gasteiger partial charge < -0.3 is 5.11 Å². The first kappa shape index (κ1) is 13.8. The van der Waals surface area contributed by atoms with Crippen LogP contribution in [0.5, 0.6) is 0 Å². The molecule has 102 valence electrons. The predicted octanol–water partition coefficient (Wildman–Crippen LogP) is 0.558. The zero-order valence-corrected chi connectivity index (χ0v) is 11.5. The van der Waals surface area contributed by atoms with E-state index in [4.69, 9.17) is 5.11 Å². The Morgan fingerprint density at radius 2 is 1.95 bits per heavy atom. The molecule has 0 aromatic heterocycles. The van der Waals surface area contributed by atoms with Crippen molar-refractivity contribution in [2.75, 3.05) is 12.0 Å². The van der Waals surface area contributed by atoms with Crippen LogP contribution in [0.4, 0.5) is 0 Å². The van der Waals surface area contributed by atoms with Gasteiger partial charge >= 0.3 is 5.97 Å². The first-order chi connectivity index (χ1) is 8.61. The molecule has 1 N–H and O–H groups in total. The van der Waals surface area contributed by atoms with Crippen LogP contribution in [0.3, 0.4) is 0 Å². The number of fused-ring (bicyclic) bond motifs is 1. The van der Waals surface area contributed by atoms with Gasteiger partial charge in [0.05, 0.1) is 21.1 Å². The SMILES string of the molecule is CS(=O)(=O)CC1=Cc2ccc(C(=O)O)cc2S1(=O)=O. The minimum atomic E-state index is -3.92. The summed E-state index contributed by atoms with van der Waals surface area (Å²) < 4.78 is 46.6. The van der Waals surface area contributed by atoms with Crippen molar-refractivity contribution < 1.29 is 26.7 Å². The van der Waals surface area contributed by atoms with E-state index in [0.29, 0.717) is 5.56 Å². The number of hydrogen-bond acceptors (Lipinski definition) is 5. The van der Waals surface area contributed by atoms with Crippen LogP contribution in [-0.4, -0.2) is 39.9 Å². The Balaban J connectivity index is 2.56. The molecule has 0 saturated carbocycles. The number of aromatic carboxylic acids is 1. The Bertz CT molecular complexity index is 800. The van der Waals surface area contributed by atoms with Gasteiger partial charge in [-0.05, 0) is 23.8 Å².